The SMILES string of the molecule is CC1=C(C(=O)OC2CCCCC2)C(c2ccc(F)cc2)NC(=O)N1. The normalized spacial score (nSPS) is 21.9. The van der Waals surface area contributed by atoms with Crippen molar-refractivity contribution in [2.45, 2.75) is 51.2 Å². The highest BCUT2D eigenvalue weighted by Crippen LogP contribution is 2.29. The Kier molecular flexibility index (Phi) is 4.83. The van der Waals surface area contributed by atoms with E-state index in [1.165, 1.54) is 18.6 Å². The Hall–Kier alpha value is -2.37. The molecule has 1 aromatic carbocycles. The van der Waals surface area contributed by atoms with E-state index in [-0.39, 0.29) is 11.9 Å². The minimum absolute atomic E-state index is 0.0713. The van der Waals surface area contributed by atoms with Crippen molar-refractivity contribution in [3.8, 4) is 0 Å². The number of nitrogens with one attached hydrogen (secondary N) is 2. The molecule has 1 aliphatic heterocycles. The van der Waals surface area contributed by atoms with Crippen LogP contribution in [0.5, 0.6) is 0 Å². The molecule has 1 saturated carbocycles. The predicted octanol–water partition coefficient (Wildman–Crippen LogP) is 3.33. The van der Waals surface area contributed by atoms with Crippen molar-refractivity contribution in [1.29, 1.82) is 0 Å². The second kappa shape index (κ2) is 7.03. The van der Waals surface area contributed by atoms with Gasteiger partial charge in [0.25, 0.3) is 0 Å². The van der Waals surface area contributed by atoms with E-state index in [4.69, 9.17) is 4.74 Å². The summed E-state index contributed by atoms with van der Waals surface area (Å²) in [6.45, 7) is 1.67. The molecule has 1 atom stereocenters. The van der Waals surface area contributed by atoms with Crippen molar-refractivity contribution in [2.75, 3.05) is 0 Å². The van der Waals surface area contributed by atoms with Crippen molar-refractivity contribution in [3.63, 3.8) is 0 Å². The number of ether oxygens (including phenoxy) is 1. The molecule has 1 unspecified atom stereocenters. The van der Waals surface area contributed by atoms with Crippen LogP contribution in [0.2, 0.25) is 0 Å². The lowest BCUT2D eigenvalue weighted by atomic mass is 9.94. The van der Waals surface area contributed by atoms with Gasteiger partial charge in [0.05, 0.1) is 11.6 Å². The molecule has 2 amide bonds. The van der Waals surface area contributed by atoms with Gasteiger partial charge in [0.15, 0.2) is 0 Å². The van der Waals surface area contributed by atoms with Crippen molar-refractivity contribution in [2.24, 2.45) is 0 Å². The first-order chi connectivity index (χ1) is 11.5. The molecule has 0 spiro atoms. The fraction of sp³-hybridized carbons (Fsp3) is 0.444. The number of hydrogen-bond acceptors (Lipinski definition) is 3. The van der Waals surface area contributed by atoms with E-state index in [2.05, 4.69) is 10.6 Å². The number of halogens is 1. The highest BCUT2D eigenvalue weighted by Gasteiger charge is 2.33. The molecule has 24 heavy (non-hydrogen) atoms. The Balaban J connectivity index is 1.85. The molecule has 5 nitrogen and oxygen atoms in total. The molecular weight excluding hydrogens is 311 g/mol. The maximum atomic E-state index is 13.2. The van der Waals surface area contributed by atoms with Gasteiger partial charge < -0.3 is 15.4 Å². The summed E-state index contributed by atoms with van der Waals surface area (Å²) in [5.74, 6) is -0.799. The smallest absolute Gasteiger partial charge is 0.338 e. The topological polar surface area (TPSA) is 67.4 Å². The van der Waals surface area contributed by atoms with Crippen LogP contribution in [0.3, 0.4) is 0 Å². The highest BCUT2D eigenvalue weighted by molar-refractivity contribution is 5.95. The summed E-state index contributed by atoms with van der Waals surface area (Å²) in [5.41, 5.74) is 1.47. The highest BCUT2D eigenvalue weighted by atomic mass is 19.1. The number of allylic oxidation sites excluding steroid dienone is 1. The molecule has 1 aliphatic carbocycles. The van der Waals surface area contributed by atoms with E-state index in [0.29, 0.717) is 16.8 Å². The quantitative estimate of drug-likeness (QED) is 0.834. The number of benzene rings is 1. The lowest BCUT2D eigenvalue weighted by molar-refractivity contribution is -0.146. The second-order valence-electron chi connectivity index (χ2n) is 6.29. The summed E-state index contributed by atoms with van der Waals surface area (Å²) >= 11 is 0. The van der Waals surface area contributed by atoms with Gasteiger partial charge in [-0.15, -0.1) is 0 Å². The maximum absolute atomic E-state index is 13.2. The molecule has 0 radical (unpaired) electrons. The Morgan fingerprint density at radius 2 is 1.83 bits per heavy atom. The van der Waals surface area contributed by atoms with E-state index in [0.717, 1.165) is 25.7 Å². The fourth-order valence-electron chi connectivity index (χ4n) is 3.27. The van der Waals surface area contributed by atoms with E-state index in [1.807, 2.05) is 0 Å². The molecule has 6 heteroatoms. The zero-order chi connectivity index (χ0) is 17.1. The Morgan fingerprint density at radius 3 is 2.50 bits per heavy atom. The zero-order valence-corrected chi connectivity index (χ0v) is 13.6. The van der Waals surface area contributed by atoms with Crippen molar-refractivity contribution >= 4 is 12.0 Å². The van der Waals surface area contributed by atoms with Gasteiger partial charge in [-0.05, 0) is 50.3 Å². The molecule has 1 heterocycles. The van der Waals surface area contributed by atoms with E-state index >= 15 is 0 Å². The van der Waals surface area contributed by atoms with Crippen LogP contribution in [-0.4, -0.2) is 18.1 Å². The molecule has 0 aromatic heterocycles. The van der Waals surface area contributed by atoms with Crippen molar-refractivity contribution < 1.29 is 18.7 Å². The van der Waals surface area contributed by atoms with Gasteiger partial charge in [-0.25, -0.2) is 14.0 Å². The fourth-order valence-corrected chi connectivity index (χ4v) is 3.27. The predicted molar refractivity (Wildman–Crippen MR) is 86.5 cm³/mol. The standard InChI is InChI=1S/C18H21FN2O3/c1-11-15(17(22)24-14-5-3-2-4-6-14)16(21-18(23)20-11)12-7-9-13(19)10-8-12/h7-10,14,16H,2-6H2,1H3,(H2,20,21,23). The van der Waals surface area contributed by atoms with Crippen molar-refractivity contribution in [1.82, 2.24) is 10.6 Å². The zero-order valence-electron chi connectivity index (χ0n) is 13.6. The van der Waals surface area contributed by atoms with Crippen LogP contribution in [0.25, 0.3) is 0 Å². The Labute approximate surface area is 140 Å². The number of amides is 2. The van der Waals surface area contributed by atoms with Gasteiger partial charge in [0.2, 0.25) is 0 Å². The van der Waals surface area contributed by atoms with E-state index in [9.17, 15) is 14.0 Å². The lowest BCUT2D eigenvalue weighted by Gasteiger charge is -2.30. The molecule has 3 rings (SSSR count). The number of hydrogen-bond donors (Lipinski definition) is 2. The largest absolute Gasteiger partial charge is 0.459 e. The number of rotatable bonds is 3. The van der Waals surface area contributed by atoms with Crippen LogP contribution in [0.15, 0.2) is 35.5 Å². The maximum Gasteiger partial charge on any atom is 0.338 e. The molecular formula is C18H21FN2O3. The Morgan fingerprint density at radius 1 is 1.17 bits per heavy atom. The van der Waals surface area contributed by atoms with Crippen LogP contribution in [0, 0.1) is 5.82 Å². The van der Waals surface area contributed by atoms with Gasteiger partial charge in [-0.2, -0.15) is 0 Å². The summed E-state index contributed by atoms with van der Waals surface area (Å²) in [6.07, 6.45) is 4.97. The van der Waals surface area contributed by atoms with Crippen LogP contribution < -0.4 is 10.6 Å². The van der Waals surface area contributed by atoms with Gasteiger partial charge in [-0.1, -0.05) is 18.6 Å². The summed E-state index contributed by atoms with van der Waals surface area (Å²) in [4.78, 5) is 24.5. The van der Waals surface area contributed by atoms with Crippen LogP contribution in [-0.2, 0) is 9.53 Å². The minimum Gasteiger partial charge on any atom is -0.459 e. The minimum atomic E-state index is -0.643. The number of carbonyl (C=O) groups excluding carboxylic acids is 2. The van der Waals surface area contributed by atoms with Gasteiger partial charge in [0, 0.05) is 5.70 Å². The second-order valence-corrected chi connectivity index (χ2v) is 6.29. The third kappa shape index (κ3) is 3.58. The van der Waals surface area contributed by atoms with Gasteiger partial charge in [0.1, 0.15) is 11.9 Å². The monoisotopic (exact) mass is 332 g/mol. The Bertz CT molecular complexity index is 663. The van der Waals surface area contributed by atoms with E-state index < -0.39 is 18.0 Å². The first kappa shape index (κ1) is 16.5. The molecule has 0 bridgehead atoms. The number of carbonyl (C=O) groups is 2. The van der Waals surface area contributed by atoms with Gasteiger partial charge >= 0.3 is 12.0 Å². The van der Waals surface area contributed by atoms with E-state index in [1.54, 1.807) is 19.1 Å². The number of urea groups is 1. The summed E-state index contributed by atoms with van der Waals surface area (Å²) in [6, 6.07) is 4.71. The molecule has 2 aliphatic rings. The molecule has 0 saturated heterocycles. The number of esters is 1. The van der Waals surface area contributed by atoms with Crippen LogP contribution >= 0.6 is 0 Å². The molecule has 2 N–H and O–H groups in total. The summed E-state index contributed by atoms with van der Waals surface area (Å²) < 4.78 is 18.8. The lowest BCUT2D eigenvalue weighted by Crippen LogP contribution is -2.45. The third-order valence-corrected chi connectivity index (χ3v) is 4.52. The average molecular weight is 332 g/mol. The molecule has 1 fully saturated rings. The average Bonchev–Trinajstić information content (AvgIpc) is 2.55. The first-order valence-corrected chi connectivity index (χ1v) is 8.29. The summed E-state index contributed by atoms with van der Waals surface area (Å²) in [5, 5.41) is 5.33. The first-order valence-electron chi connectivity index (χ1n) is 8.29. The van der Waals surface area contributed by atoms with Crippen molar-refractivity contribution in [3.05, 3.63) is 46.9 Å². The summed E-state index contributed by atoms with van der Waals surface area (Å²) in [7, 11) is 0. The van der Waals surface area contributed by atoms with Crippen LogP contribution in [0.1, 0.15) is 50.6 Å². The van der Waals surface area contributed by atoms with Crippen LogP contribution in [0.4, 0.5) is 9.18 Å². The molecule has 128 valence electrons. The molecule has 1 aromatic rings. The third-order valence-electron chi connectivity index (χ3n) is 4.52. The van der Waals surface area contributed by atoms with Gasteiger partial charge in [-0.3, -0.25) is 0 Å².